The van der Waals surface area contributed by atoms with Gasteiger partial charge in [-0.3, -0.25) is 0 Å². The highest BCUT2D eigenvalue weighted by Gasteiger charge is 2.55. The van der Waals surface area contributed by atoms with Gasteiger partial charge < -0.3 is 15.6 Å². The molecule has 0 spiro atoms. The van der Waals surface area contributed by atoms with Gasteiger partial charge in [0.2, 0.25) is 0 Å². The molecule has 1 aliphatic heterocycles. The normalized spacial score (nSPS) is 36.5. The molecule has 0 radical (unpaired) electrons. The smallest absolute Gasteiger partial charge is 0.0970 e. The fourth-order valence-corrected chi connectivity index (χ4v) is 2.37. The second kappa shape index (κ2) is 2.94. The van der Waals surface area contributed by atoms with E-state index in [9.17, 15) is 5.11 Å². The van der Waals surface area contributed by atoms with Gasteiger partial charge >= 0.3 is 0 Å². The van der Waals surface area contributed by atoms with E-state index in [2.05, 4.69) is 0 Å². The van der Waals surface area contributed by atoms with Crippen molar-refractivity contribution < 1.29 is 9.84 Å². The molecule has 0 saturated carbocycles. The van der Waals surface area contributed by atoms with Gasteiger partial charge in [-0.1, -0.05) is 0 Å². The van der Waals surface area contributed by atoms with Crippen molar-refractivity contribution in [3.05, 3.63) is 0 Å². The SMILES string of the molecule is CC1(C)CC(O)(CCN)C(C)(C)O1. The number of rotatable bonds is 2. The van der Waals surface area contributed by atoms with Crippen LogP contribution in [0.25, 0.3) is 0 Å². The largest absolute Gasteiger partial charge is 0.387 e. The summed E-state index contributed by atoms with van der Waals surface area (Å²) < 4.78 is 5.80. The summed E-state index contributed by atoms with van der Waals surface area (Å²) in [6.45, 7) is 8.36. The number of nitrogens with two attached hydrogens (primary N) is 1. The summed E-state index contributed by atoms with van der Waals surface area (Å²) in [7, 11) is 0. The molecule has 1 saturated heterocycles. The van der Waals surface area contributed by atoms with Gasteiger partial charge in [0.25, 0.3) is 0 Å². The lowest BCUT2D eigenvalue weighted by Gasteiger charge is -2.34. The van der Waals surface area contributed by atoms with E-state index >= 15 is 0 Å². The van der Waals surface area contributed by atoms with Crippen molar-refractivity contribution in [1.29, 1.82) is 0 Å². The molecule has 3 N–H and O–H groups in total. The van der Waals surface area contributed by atoms with Crippen LogP contribution >= 0.6 is 0 Å². The van der Waals surface area contributed by atoms with E-state index in [1.807, 2.05) is 27.7 Å². The molecule has 1 heterocycles. The lowest BCUT2D eigenvalue weighted by molar-refractivity contribution is -0.127. The van der Waals surface area contributed by atoms with Crippen LogP contribution in [0.3, 0.4) is 0 Å². The minimum absolute atomic E-state index is 0.243. The summed E-state index contributed by atoms with van der Waals surface area (Å²) in [4.78, 5) is 0. The highest BCUT2D eigenvalue weighted by molar-refractivity contribution is 5.06. The number of ether oxygens (including phenoxy) is 1. The Hall–Kier alpha value is -0.120. The molecule has 3 nitrogen and oxygen atoms in total. The Morgan fingerprint density at radius 1 is 1.31 bits per heavy atom. The molecule has 0 aliphatic carbocycles. The van der Waals surface area contributed by atoms with Crippen LogP contribution in [0.5, 0.6) is 0 Å². The molecule has 1 fully saturated rings. The molecule has 0 amide bonds. The molecule has 1 aliphatic rings. The Labute approximate surface area is 80.3 Å². The number of aliphatic hydroxyl groups is 1. The van der Waals surface area contributed by atoms with Crippen LogP contribution in [0.15, 0.2) is 0 Å². The molecule has 0 aromatic carbocycles. The second-order valence-electron chi connectivity index (χ2n) is 5.12. The van der Waals surface area contributed by atoms with Gasteiger partial charge in [0.15, 0.2) is 0 Å². The first-order valence-corrected chi connectivity index (χ1v) is 4.85. The van der Waals surface area contributed by atoms with Crippen molar-refractivity contribution in [2.75, 3.05) is 6.54 Å². The van der Waals surface area contributed by atoms with Crippen LogP contribution in [0.1, 0.15) is 40.5 Å². The summed E-state index contributed by atoms with van der Waals surface area (Å²) in [5.74, 6) is 0. The summed E-state index contributed by atoms with van der Waals surface area (Å²) >= 11 is 0. The minimum Gasteiger partial charge on any atom is -0.387 e. The van der Waals surface area contributed by atoms with E-state index in [0.29, 0.717) is 19.4 Å². The van der Waals surface area contributed by atoms with E-state index in [-0.39, 0.29) is 5.60 Å². The van der Waals surface area contributed by atoms with Crippen molar-refractivity contribution in [2.24, 2.45) is 5.73 Å². The maximum absolute atomic E-state index is 10.3. The topological polar surface area (TPSA) is 55.5 Å². The Morgan fingerprint density at radius 2 is 1.85 bits per heavy atom. The van der Waals surface area contributed by atoms with Crippen LogP contribution in [0, 0.1) is 0 Å². The lowest BCUT2D eigenvalue weighted by Crippen LogP contribution is -2.47. The van der Waals surface area contributed by atoms with Crippen LogP contribution in [0.4, 0.5) is 0 Å². The molecule has 3 heteroatoms. The fourth-order valence-electron chi connectivity index (χ4n) is 2.37. The molecule has 1 rings (SSSR count). The summed E-state index contributed by atoms with van der Waals surface area (Å²) in [5, 5.41) is 10.3. The number of hydrogen-bond donors (Lipinski definition) is 2. The van der Waals surface area contributed by atoms with Gasteiger partial charge in [-0.15, -0.1) is 0 Å². The summed E-state index contributed by atoms with van der Waals surface area (Å²) in [6.07, 6.45) is 1.26. The highest BCUT2D eigenvalue weighted by atomic mass is 16.5. The van der Waals surface area contributed by atoms with Crippen molar-refractivity contribution in [3.8, 4) is 0 Å². The van der Waals surface area contributed by atoms with Gasteiger partial charge in [-0.25, -0.2) is 0 Å². The van der Waals surface area contributed by atoms with Gasteiger partial charge in [0.05, 0.1) is 16.8 Å². The van der Waals surface area contributed by atoms with Crippen molar-refractivity contribution in [1.82, 2.24) is 0 Å². The van der Waals surface area contributed by atoms with Crippen LogP contribution in [0.2, 0.25) is 0 Å². The minimum atomic E-state index is -0.773. The zero-order valence-electron chi connectivity index (χ0n) is 9.05. The molecular weight excluding hydrogens is 166 g/mol. The van der Waals surface area contributed by atoms with E-state index in [0.717, 1.165) is 0 Å². The molecule has 0 bridgehead atoms. The van der Waals surface area contributed by atoms with E-state index in [4.69, 9.17) is 10.5 Å². The van der Waals surface area contributed by atoms with Crippen LogP contribution in [-0.2, 0) is 4.74 Å². The molecule has 78 valence electrons. The Balaban J connectivity index is 2.86. The Bertz CT molecular complexity index is 201. The molecule has 1 unspecified atom stereocenters. The van der Waals surface area contributed by atoms with Gasteiger partial charge in [-0.05, 0) is 40.7 Å². The maximum atomic E-state index is 10.3. The zero-order valence-corrected chi connectivity index (χ0v) is 9.05. The molecule has 13 heavy (non-hydrogen) atoms. The van der Waals surface area contributed by atoms with Gasteiger partial charge in [0.1, 0.15) is 0 Å². The monoisotopic (exact) mass is 187 g/mol. The standard InChI is InChI=1S/C10H21NO2/c1-8(2)7-10(12,5-6-11)9(3,4)13-8/h12H,5-7,11H2,1-4H3. The molecule has 0 aromatic heterocycles. The molecular formula is C10H21NO2. The third kappa shape index (κ3) is 1.87. The number of hydrogen-bond acceptors (Lipinski definition) is 3. The molecule has 0 aromatic rings. The molecule has 1 atom stereocenters. The predicted octanol–water partition coefficient (Wildman–Crippen LogP) is 1.04. The third-order valence-electron chi connectivity index (χ3n) is 2.93. The average molecular weight is 187 g/mol. The van der Waals surface area contributed by atoms with E-state index in [1.54, 1.807) is 0 Å². The van der Waals surface area contributed by atoms with Crippen LogP contribution in [-0.4, -0.2) is 28.5 Å². The Kier molecular flexibility index (Phi) is 2.48. The Morgan fingerprint density at radius 3 is 2.15 bits per heavy atom. The quantitative estimate of drug-likeness (QED) is 0.679. The first kappa shape index (κ1) is 11.0. The predicted molar refractivity (Wildman–Crippen MR) is 52.5 cm³/mol. The summed E-state index contributed by atoms with van der Waals surface area (Å²) in [6, 6.07) is 0. The van der Waals surface area contributed by atoms with Crippen molar-refractivity contribution in [2.45, 2.75) is 57.3 Å². The van der Waals surface area contributed by atoms with Crippen molar-refractivity contribution in [3.63, 3.8) is 0 Å². The van der Waals surface area contributed by atoms with E-state index < -0.39 is 11.2 Å². The lowest BCUT2D eigenvalue weighted by atomic mass is 9.80. The second-order valence-corrected chi connectivity index (χ2v) is 5.12. The average Bonchev–Trinajstić information content (AvgIpc) is 1.96. The first-order valence-electron chi connectivity index (χ1n) is 4.85. The van der Waals surface area contributed by atoms with E-state index in [1.165, 1.54) is 0 Å². The van der Waals surface area contributed by atoms with Gasteiger partial charge in [-0.2, -0.15) is 0 Å². The van der Waals surface area contributed by atoms with Crippen LogP contribution < -0.4 is 5.73 Å². The maximum Gasteiger partial charge on any atom is 0.0970 e. The zero-order chi connectivity index (χ0) is 10.3. The van der Waals surface area contributed by atoms with Gasteiger partial charge in [0, 0.05) is 6.42 Å². The first-order chi connectivity index (χ1) is 5.72. The summed E-state index contributed by atoms with van der Waals surface area (Å²) in [5.41, 5.74) is 3.98. The fraction of sp³-hybridized carbons (Fsp3) is 1.00. The third-order valence-corrected chi connectivity index (χ3v) is 2.93. The highest BCUT2D eigenvalue weighted by Crippen LogP contribution is 2.46. The van der Waals surface area contributed by atoms with Crippen molar-refractivity contribution >= 4 is 0 Å².